The predicted molar refractivity (Wildman–Crippen MR) is 201 cm³/mol. The van der Waals surface area contributed by atoms with Crippen LogP contribution in [0.2, 0.25) is 0 Å². The van der Waals surface area contributed by atoms with E-state index in [4.69, 9.17) is 9.47 Å². The molecule has 4 amide bonds. The van der Waals surface area contributed by atoms with Gasteiger partial charge in [0.05, 0.1) is 11.3 Å². The van der Waals surface area contributed by atoms with Crippen molar-refractivity contribution in [2.75, 3.05) is 43.6 Å². The number of hydrogen-bond acceptors (Lipinski definition) is 8. The maximum atomic E-state index is 15.1. The lowest BCUT2D eigenvalue weighted by atomic mass is 9.80. The molecule has 0 spiro atoms. The SMILES string of the molecule is CCN(C(C)=O)N(C(=O)C1c2cccc(N(C)C)c2CCN1C(=O)C1CCC(CNC(=O)OC(C)(C)C)CC1)c1ccc(C(=O)OC(C)(C)C)cc1. The fourth-order valence-electron chi connectivity index (χ4n) is 7.04. The van der Waals surface area contributed by atoms with Gasteiger partial charge in [-0.15, -0.1) is 0 Å². The number of benzene rings is 2. The van der Waals surface area contributed by atoms with E-state index in [0.717, 1.165) is 29.7 Å². The highest BCUT2D eigenvalue weighted by molar-refractivity contribution is 6.02. The Bertz CT molecular complexity index is 1620. The molecule has 52 heavy (non-hydrogen) atoms. The van der Waals surface area contributed by atoms with E-state index in [1.807, 2.05) is 58.0 Å². The number of hydrazine groups is 1. The Labute approximate surface area is 308 Å². The van der Waals surface area contributed by atoms with Gasteiger partial charge in [-0.05, 0) is 128 Å². The third-order valence-corrected chi connectivity index (χ3v) is 9.38. The van der Waals surface area contributed by atoms with E-state index in [1.165, 1.54) is 16.9 Å². The molecular weight excluding hydrogens is 662 g/mol. The second-order valence-corrected chi connectivity index (χ2v) is 16.0. The van der Waals surface area contributed by atoms with Gasteiger partial charge >= 0.3 is 12.1 Å². The maximum Gasteiger partial charge on any atom is 0.407 e. The molecule has 1 N–H and O–H groups in total. The smallest absolute Gasteiger partial charge is 0.407 e. The Morgan fingerprint density at radius 3 is 2.02 bits per heavy atom. The zero-order valence-electron chi connectivity index (χ0n) is 32.6. The summed E-state index contributed by atoms with van der Waals surface area (Å²) in [5.41, 5.74) is 2.10. The second-order valence-electron chi connectivity index (χ2n) is 16.0. The van der Waals surface area contributed by atoms with Gasteiger partial charge in [-0.2, -0.15) is 0 Å². The lowest BCUT2D eigenvalue weighted by molar-refractivity contribution is -0.147. The number of nitrogens with zero attached hydrogens (tertiary/aromatic N) is 4. The molecule has 2 aromatic carbocycles. The fraction of sp³-hybridized carbons (Fsp3) is 0.575. The molecular formula is C40H57N5O7. The van der Waals surface area contributed by atoms with Crippen LogP contribution in [0.1, 0.15) is 109 Å². The van der Waals surface area contributed by atoms with Gasteiger partial charge in [0.2, 0.25) is 11.8 Å². The van der Waals surface area contributed by atoms with Crippen LogP contribution < -0.4 is 15.2 Å². The number of nitrogens with one attached hydrogen (secondary N) is 1. The van der Waals surface area contributed by atoms with Gasteiger partial charge < -0.3 is 24.6 Å². The minimum absolute atomic E-state index is 0.0936. The van der Waals surface area contributed by atoms with Gasteiger partial charge in [0.1, 0.15) is 17.2 Å². The van der Waals surface area contributed by atoms with Gasteiger partial charge in [-0.25, -0.2) is 19.6 Å². The first kappa shape index (κ1) is 40.2. The highest BCUT2D eigenvalue weighted by Crippen LogP contribution is 2.40. The molecule has 284 valence electrons. The molecule has 0 aromatic heterocycles. The molecule has 0 saturated heterocycles. The number of carbonyl (C=O) groups is 5. The first-order chi connectivity index (χ1) is 24.3. The van der Waals surface area contributed by atoms with Crippen molar-refractivity contribution in [2.45, 2.75) is 105 Å². The molecule has 1 aliphatic heterocycles. The van der Waals surface area contributed by atoms with Crippen LogP contribution in [0.5, 0.6) is 0 Å². The molecule has 1 saturated carbocycles. The zero-order chi connectivity index (χ0) is 38.5. The van der Waals surface area contributed by atoms with Crippen molar-refractivity contribution in [1.29, 1.82) is 0 Å². The van der Waals surface area contributed by atoms with E-state index in [0.29, 0.717) is 43.6 Å². The number of ether oxygens (including phenoxy) is 2. The molecule has 0 radical (unpaired) electrons. The van der Waals surface area contributed by atoms with Crippen LogP contribution in [0.25, 0.3) is 0 Å². The van der Waals surface area contributed by atoms with E-state index in [-0.39, 0.29) is 30.2 Å². The van der Waals surface area contributed by atoms with Gasteiger partial charge in [0.15, 0.2) is 0 Å². The van der Waals surface area contributed by atoms with Crippen molar-refractivity contribution in [3.63, 3.8) is 0 Å². The second kappa shape index (κ2) is 16.4. The number of anilines is 2. The van der Waals surface area contributed by atoms with Crippen LogP contribution >= 0.6 is 0 Å². The molecule has 0 bridgehead atoms. The third-order valence-electron chi connectivity index (χ3n) is 9.38. The minimum atomic E-state index is -0.998. The van der Waals surface area contributed by atoms with Gasteiger partial charge in [-0.3, -0.25) is 14.4 Å². The van der Waals surface area contributed by atoms with Crippen LogP contribution in [0, 0.1) is 11.8 Å². The lowest BCUT2D eigenvalue weighted by Gasteiger charge is -2.43. The van der Waals surface area contributed by atoms with Crippen molar-refractivity contribution in [3.05, 3.63) is 59.2 Å². The summed E-state index contributed by atoms with van der Waals surface area (Å²) in [5.74, 6) is -1.46. The van der Waals surface area contributed by atoms with Crippen molar-refractivity contribution >= 4 is 41.2 Å². The largest absolute Gasteiger partial charge is 0.456 e. The molecule has 2 aliphatic rings. The summed E-state index contributed by atoms with van der Waals surface area (Å²) >= 11 is 0. The fourth-order valence-corrected chi connectivity index (χ4v) is 7.04. The summed E-state index contributed by atoms with van der Waals surface area (Å²) < 4.78 is 10.9. The Hall–Kier alpha value is -4.61. The molecule has 1 atom stereocenters. The number of alkyl carbamates (subject to hydrolysis) is 1. The minimum Gasteiger partial charge on any atom is -0.456 e. The van der Waals surface area contributed by atoms with E-state index < -0.39 is 35.2 Å². The normalized spacial score (nSPS) is 18.8. The zero-order valence-corrected chi connectivity index (χ0v) is 32.6. The van der Waals surface area contributed by atoms with E-state index in [9.17, 15) is 19.2 Å². The van der Waals surface area contributed by atoms with Crippen LogP contribution in [-0.2, 0) is 30.3 Å². The summed E-state index contributed by atoms with van der Waals surface area (Å²) in [6, 6.07) is 11.2. The van der Waals surface area contributed by atoms with Crippen LogP contribution in [0.3, 0.4) is 0 Å². The molecule has 12 nitrogen and oxygen atoms in total. The quantitative estimate of drug-likeness (QED) is 0.250. The van der Waals surface area contributed by atoms with Gasteiger partial charge in [-0.1, -0.05) is 12.1 Å². The molecule has 1 aliphatic carbocycles. The summed E-state index contributed by atoms with van der Waals surface area (Å²) in [7, 11) is 3.90. The maximum absolute atomic E-state index is 15.1. The van der Waals surface area contributed by atoms with Crippen molar-refractivity contribution in [2.24, 2.45) is 11.8 Å². The molecule has 1 heterocycles. The van der Waals surface area contributed by atoms with Crippen LogP contribution in [0.15, 0.2) is 42.5 Å². The number of hydrogen-bond donors (Lipinski definition) is 1. The topological polar surface area (TPSA) is 129 Å². The first-order valence-electron chi connectivity index (χ1n) is 18.3. The number of fused-ring (bicyclic) bond motifs is 1. The summed E-state index contributed by atoms with van der Waals surface area (Å²) in [4.78, 5) is 71.5. The van der Waals surface area contributed by atoms with Gasteiger partial charge in [0, 0.05) is 52.3 Å². The molecule has 12 heteroatoms. The standard InChI is InChI=1S/C40H57N5O7/c1-11-44(26(2)46)45(30-21-19-29(20-22-30)37(49)51-39(3,4)5)36(48)34-32-13-12-14-33(42(9)10)31(32)23-24-43(34)35(47)28-17-15-27(16-18-28)25-41-38(50)52-40(6,7)8/h12-14,19-22,27-28,34H,11,15-18,23-25H2,1-10H3,(H,41,50). The first-order valence-corrected chi connectivity index (χ1v) is 18.3. The number of rotatable bonds is 8. The lowest BCUT2D eigenvalue weighted by Crippen LogP contribution is -2.56. The molecule has 4 rings (SSSR count). The van der Waals surface area contributed by atoms with E-state index in [2.05, 4.69) is 5.32 Å². The van der Waals surface area contributed by atoms with Crippen LogP contribution in [0.4, 0.5) is 16.2 Å². The Kier molecular flexibility index (Phi) is 12.7. The predicted octanol–water partition coefficient (Wildman–Crippen LogP) is 6.28. The van der Waals surface area contributed by atoms with Gasteiger partial charge in [0.25, 0.3) is 5.91 Å². The molecule has 2 aromatic rings. The highest BCUT2D eigenvalue weighted by atomic mass is 16.6. The number of amides is 4. The summed E-state index contributed by atoms with van der Waals surface area (Å²) in [6.07, 6.45) is 2.89. The summed E-state index contributed by atoms with van der Waals surface area (Å²) in [6.45, 7) is 15.0. The average molecular weight is 720 g/mol. The highest BCUT2D eigenvalue weighted by Gasteiger charge is 2.43. The average Bonchev–Trinajstić information content (AvgIpc) is 3.06. The molecule has 1 unspecified atom stereocenters. The van der Waals surface area contributed by atoms with Crippen molar-refractivity contribution in [1.82, 2.24) is 15.2 Å². The van der Waals surface area contributed by atoms with Crippen molar-refractivity contribution < 1.29 is 33.4 Å². The van der Waals surface area contributed by atoms with E-state index >= 15 is 4.79 Å². The molecule has 1 fully saturated rings. The van der Waals surface area contributed by atoms with E-state index in [1.54, 1.807) is 56.9 Å². The van der Waals surface area contributed by atoms with Crippen molar-refractivity contribution in [3.8, 4) is 0 Å². The Morgan fingerprint density at radius 2 is 1.48 bits per heavy atom. The monoisotopic (exact) mass is 719 g/mol. The Morgan fingerprint density at radius 1 is 0.865 bits per heavy atom. The Balaban J connectivity index is 1.67. The number of esters is 1. The number of carbonyl (C=O) groups excluding carboxylic acids is 5. The third kappa shape index (κ3) is 9.83. The summed E-state index contributed by atoms with van der Waals surface area (Å²) in [5, 5.41) is 5.58. The van der Waals surface area contributed by atoms with Crippen LogP contribution in [-0.4, -0.2) is 84.6 Å².